The minimum Gasteiger partial charge on any atom is -0.507 e. The highest BCUT2D eigenvalue weighted by atomic mass is 16.4. The first-order valence-electron chi connectivity index (χ1n) is 10.6. The molecule has 0 spiro atoms. The normalized spacial score (nSPS) is 14.1. The maximum absolute atomic E-state index is 12.7. The van der Waals surface area contributed by atoms with E-state index in [4.69, 9.17) is 4.42 Å². The Kier molecular flexibility index (Phi) is 6.35. The molecule has 2 amide bonds. The molecule has 0 radical (unpaired) electrons. The number of fused-ring (bicyclic) bond motifs is 1. The number of nitrogens with zero attached hydrogens (tertiary/aromatic N) is 1. The quantitative estimate of drug-likeness (QED) is 0.517. The molecule has 4 rings (SSSR count). The number of furan rings is 1. The zero-order valence-corrected chi connectivity index (χ0v) is 17.9. The van der Waals surface area contributed by atoms with Crippen LogP contribution in [-0.4, -0.2) is 29.2 Å². The number of rotatable bonds is 6. The van der Waals surface area contributed by atoms with Crippen LogP contribution in [0.25, 0.3) is 0 Å². The summed E-state index contributed by atoms with van der Waals surface area (Å²) in [5.41, 5.74) is 5.98. The number of phenolic OH excluding ortho intramolecular Hbond substituents is 1. The third-order valence-corrected chi connectivity index (χ3v) is 5.52. The van der Waals surface area contributed by atoms with Gasteiger partial charge in [0.25, 0.3) is 11.8 Å². The summed E-state index contributed by atoms with van der Waals surface area (Å²) in [6.07, 6.45) is 2.90. The number of aryl methyl sites for hydroxylation is 1. The van der Waals surface area contributed by atoms with Crippen LogP contribution in [0, 0.1) is 6.92 Å². The lowest BCUT2D eigenvalue weighted by atomic mass is 9.93. The molecule has 0 saturated heterocycles. The number of hydrogen-bond donors (Lipinski definition) is 3. The molecule has 32 heavy (non-hydrogen) atoms. The van der Waals surface area contributed by atoms with Crippen molar-refractivity contribution in [1.29, 1.82) is 0 Å². The van der Waals surface area contributed by atoms with Crippen molar-refractivity contribution >= 4 is 17.5 Å². The number of hydrogen-bond acceptors (Lipinski definition) is 5. The lowest BCUT2D eigenvalue weighted by molar-refractivity contribution is 0.0922. The zero-order chi connectivity index (χ0) is 22.5. The summed E-state index contributed by atoms with van der Waals surface area (Å²) in [7, 11) is 0. The molecule has 0 atom stereocenters. The number of hydrazone groups is 1. The number of aromatic hydroxyl groups is 1. The fraction of sp³-hybridized carbons (Fsp3) is 0.240. The smallest absolute Gasteiger partial charge is 0.287 e. The van der Waals surface area contributed by atoms with Gasteiger partial charge in [0.1, 0.15) is 11.5 Å². The molecule has 0 fully saturated rings. The molecule has 2 aromatic carbocycles. The molecule has 0 unspecified atom stereocenters. The summed E-state index contributed by atoms with van der Waals surface area (Å²) < 4.78 is 5.90. The Morgan fingerprint density at radius 2 is 1.78 bits per heavy atom. The number of carbonyl (C=O) groups excluding carboxylic acids is 2. The molecule has 1 heterocycles. The van der Waals surface area contributed by atoms with Gasteiger partial charge < -0.3 is 14.8 Å². The average molecular weight is 431 g/mol. The Bertz CT molecular complexity index is 1170. The molecule has 7 nitrogen and oxygen atoms in total. The molecule has 7 heteroatoms. The van der Waals surface area contributed by atoms with E-state index < -0.39 is 5.91 Å². The molecule has 3 aromatic rings. The Morgan fingerprint density at radius 1 is 1.03 bits per heavy atom. The number of amides is 2. The second-order valence-electron chi connectivity index (χ2n) is 7.72. The lowest BCUT2D eigenvalue weighted by Crippen LogP contribution is -2.26. The van der Waals surface area contributed by atoms with Crippen LogP contribution in [0.2, 0.25) is 0 Å². The minimum atomic E-state index is -0.497. The molecule has 1 aliphatic carbocycles. The first kappa shape index (κ1) is 21.4. The van der Waals surface area contributed by atoms with E-state index in [2.05, 4.69) is 15.8 Å². The van der Waals surface area contributed by atoms with Crippen LogP contribution in [0.1, 0.15) is 56.2 Å². The summed E-state index contributed by atoms with van der Waals surface area (Å²) in [6, 6.07) is 16.2. The molecule has 3 N–H and O–H groups in total. The van der Waals surface area contributed by atoms with Gasteiger partial charge in [0, 0.05) is 24.1 Å². The van der Waals surface area contributed by atoms with Gasteiger partial charge in [0.15, 0.2) is 5.76 Å². The molecular weight excluding hydrogens is 406 g/mol. The van der Waals surface area contributed by atoms with E-state index in [0.29, 0.717) is 36.4 Å². The van der Waals surface area contributed by atoms with E-state index in [1.165, 1.54) is 12.1 Å². The van der Waals surface area contributed by atoms with Crippen LogP contribution in [-0.2, 0) is 12.8 Å². The van der Waals surface area contributed by atoms with Crippen LogP contribution < -0.4 is 10.7 Å². The van der Waals surface area contributed by atoms with Gasteiger partial charge in [-0.1, -0.05) is 42.5 Å². The Morgan fingerprint density at radius 3 is 2.56 bits per heavy atom. The highest BCUT2D eigenvalue weighted by Crippen LogP contribution is 2.30. The van der Waals surface area contributed by atoms with Gasteiger partial charge in [-0.2, -0.15) is 5.10 Å². The van der Waals surface area contributed by atoms with Crippen molar-refractivity contribution in [1.82, 2.24) is 10.7 Å². The number of nitrogens with one attached hydrogen (secondary N) is 2. The largest absolute Gasteiger partial charge is 0.507 e. The Hall–Kier alpha value is -3.87. The zero-order valence-electron chi connectivity index (χ0n) is 17.9. The standard InChI is InChI=1S/C25H25N3O4/c1-16-22-19(27-28-24(30)18-10-5-6-12-20(18)29)11-7-13-21(22)32-23(16)25(31)26-15-14-17-8-3-2-4-9-17/h2-6,8-10,12,29H,7,11,13-15H2,1H3,(H,26,31)(H,28,30)/b27-19+. The van der Waals surface area contributed by atoms with Crippen molar-refractivity contribution in [3.05, 3.63) is 88.4 Å². The van der Waals surface area contributed by atoms with Crippen LogP contribution in [0.3, 0.4) is 0 Å². The van der Waals surface area contributed by atoms with Crippen molar-refractivity contribution in [2.75, 3.05) is 6.54 Å². The Labute approximate surface area is 186 Å². The second kappa shape index (κ2) is 9.51. The van der Waals surface area contributed by atoms with Crippen molar-refractivity contribution in [3.63, 3.8) is 0 Å². The van der Waals surface area contributed by atoms with Crippen LogP contribution in [0.4, 0.5) is 0 Å². The first-order chi connectivity index (χ1) is 15.5. The molecule has 0 aliphatic heterocycles. The monoisotopic (exact) mass is 431 g/mol. The summed E-state index contributed by atoms with van der Waals surface area (Å²) in [5.74, 6) is 0.124. The van der Waals surface area contributed by atoms with Crippen LogP contribution >= 0.6 is 0 Å². The molecule has 164 valence electrons. The van der Waals surface area contributed by atoms with Gasteiger partial charge >= 0.3 is 0 Å². The average Bonchev–Trinajstić information content (AvgIpc) is 3.15. The van der Waals surface area contributed by atoms with Gasteiger partial charge in [-0.05, 0) is 43.9 Å². The number of carbonyl (C=O) groups is 2. The number of phenols is 1. The predicted molar refractivity (Wildman–Crippen MR) is 121 cm³/mol. The van der Waals surface area contributed by atoms with Gasteiger partial charge in [0.05, 0.1) is 11.3 Å². The fourth-order valence-corrected chi connectivity index (χ4v) is 3.89. The maximum Gasteiger partial charge on any atom is 0.287 e. The van der Waals surface area contributed by atoms with Gasteiger partial charge in [-0.3, -0.25) is 9.59 Å². The van der Waals surface area contributed by atoms with E-state index >= 15 is 0 Å². The van der Waals surface area contributed by atoms with Crippen molar-refractivity contribution < 1.29 is 19.1 Å². The van der Waals surface area contributed by atoms with E-state index in [1.54, 1.807) is 12.1 Å². The third kappa shape index (κ3) is 4.56. The Balaban J connectivity index is 1.47. The van der Waals surface area contributed by atoms with E-state index in [0.717, 1.165) is 24.0 Å². The molecular formula is C25H25N3O4. The molecule has 1 aliphatic rings. The van der Waals surface area contributed by atoms with Crippen LogP contribution in [0.15, 0.2) is 64.1 Å². The lowest BCUT2D eigenvalue weighted by Gasteiger charge is -2.13. The molecule has 0 saturated carbocycles. The fourth-order valence-electron chi connectivity index (χ4n) is 3.89. The van der Waals surface area contributed by atoms with Gasteiger partial charge in [-0.15, -0.1) is 0 Å². The van der Waals surface area contributed by atoms with Crippen molar-refractivity contribution in [2.45, 2.75) is 32.6 Å². The highest BCUT2D eigenvalue weighted by Gasteiger charge is 2.28. The topological polar surface area (TPSA) is 104 Å². The summed E-state index contributed by atoms with van der Waals surface area (Å²) >= 11 is 0. The summed E-state index contributed by atoms with van der Waals surface area (Å²) in [5, 5.41) is 17.1. The predicted octanol–water partition coefficient (Wildman–Crippen LogP) is 3.74. The molecule has 0 bridgehead atoms. The van der Waals surface area contributed by atoms with Gasteiger partial charge in [-0.25, -0.2) is 5.43 Å². The molecule has 1 aromatic heterocycles. The van der Waals surface area contributed by atoms with Crippen LogP contribution in [0.5, 0.6) is 5.75 Å². The summed E-state index contributed by atoms with van der Waals surface area (Å²) in [6.45, 7) is 2.34. The highest BCUT2D eigenvalue weighted by molar-refractivity contribution is 6.07. The van der Waals surface area contributed by atoms with Gasteiger partial charge in [0.2, 0.25) is 0 Å². The second-order valence-corrected chi connectivity index (χ2v) is 7.72. The van der Waals surface area contributed by atoms with Crippen molar-refractivity contribution in [2.24, 2.45) is 5.10 Å². The maximum atomic E-state index is 12.7. The number of para-hydroxylation sites is 1. The van der Waals surface area contributed by atoms with Crippen molar-refractivity contribution in [3.8, 4) is 5.75 Å². The van der Waals surface area contributed by atoms with E-state index in [1.807, 2.05) is 37.3 Å². The minimum absolute atomic E-state index is 0.108. The third-order valence-electron chi connectivity index (χ3n) is 5.52. The van der Waals surface area contributed by atoms with E-state index in [-0.39, 0.29) is 23.0 Å². The number of benzene rings is 2. The summed E-state index contributed by atoms with van der Waals surface area (Å²) in [4.78, 5) is 25.1. The van der Waals surface area contributed by atoms with E-state index in [9.17, 15) is 14.7 Å². The first-order valence-corrected chi connectivity index (χ1v) is 10.6. The SMILES string of the molecule is Cc1c(C(=O)NCCc2ccccc2)oc2c1/C(=N/NC(=O)c1ccccc1O)CCC2.